The minimum Gasteiger partial charge on any atom is -0.334 e. The summed E-state index contributed by atoms with van der Waals surface area (Å²) >= 11 is 6.12. The highest BCUT2D eigenvalue weighted by atomic mass is 35.5. The lowest BCUT2D eigenvalue weighted by atomic mass is 10.1. The molecular formula is C15H14ClN5O. The van der Waals surface area contributed by atoms with Gasteiger partial charge < -0.3 is 9.88 Å². The standard InChI is InChI=1S/C15H14ClN5O/c1-9-12-5-6-17-21(12)8-7-20(9)15(22)14-18-11-4-2-3-10(16)13(11)19-14/h2-6,9H,7-8H2,1H3,(H,18,19)/t9-/m0/s1. The Kier molecular flexibility index (Phi) is 2.94. The van der Waals surface area contributed by atoms with Gasteiger partial charge in [0.05, 0.1) is 28.8 Å². The van der Waals surface area contributed by atoms with Crippen LogP contribution in [0.4, 0.5) is 0 Å². The molecule has 0 spiro atoms. The molecule has 2 aromatic heterocycles. The van der Waals surface area contributed by atoms with Crippen LogP contribution >= 0.6 is 11.6 Å². The van der Waals surface area contributed by atoms with Crippen LogP contribution in [0.2, 0.25) is 5.02 Å². The zero-order chi connectivity index (χ0) is 15.3. The maximum Gasteiger partial charge on any atom is 0.290 e. The highest BCUT2D eigenvalue weighted by Gasteiger charge is 2.30. The number of nitrogens with one attached hydrogen (secondary N) is 1. The molecule has 1 N–H and O–H groups in total. The third-order valence-corrected chi connectivity index (χ3v) is 4.43. The van der Waals surface area contributed by atoms with E-state index < -0.39 is 0 Å². The molecule has 0 unspecified atom stereocenters. The molecule has 1 atom stereocenters. The molecule has 22 heavy (non-hydrogen) atoms. The fraction of sp³-hybridized carbons (Fsp3) is 0.267. The predicted octanol–water partition coefficient (Wildman–Crippen LogP) is 2.63. The van der Waals surface area contributed by atoms with E-state index in [4.69, 9.17) is 11.6 Å². The van der Waals surface area contributed by atoms with Crippen LogP contribution < -0.4 is 0 Å². The van der Waals surface area contributed by atoms with Crippen molar-refractivity contribution in [1.82, 2.24) is 24.6 Å². The largest absolute Gasteiger partial charge is 0.334 e. The summed E-state index contributed by atoms with van der Waals surface area (Å²) in [5, 5.41) is 4.80. The number of carbonyl (C=O) groups is 1. The number of imidazole rings is 1. The van der Waals surface area contributed by atoms with Crippen LogP contribution in [0.15, 0.2) is 30.5 Å². The van der Waals surface area contributed by atoms with E-state index in [1.54, 1.807) is 12.3 Å². The molecule has 7 heteroatoms. The average molecular weight is 316 g/mol. The number of aromatic nitrogens is 4. The topological polar surface area (TPSA) is 66.8 Å². The maximum absolute atomic E-state index is 12.8. The monoisotopic (exact) mass is 315 g/mol. The molecule has 1 aliphatic heterocycles. The highest BCUT2D eigenvalue weighted by Crippen LogP contribution is 2.27. The lowest BCUT2D eigenvalue weighted by molar-refractivity contribution is 0.0625. The summed E-state index contributed by atoms with van der Waals surface area (Å²) in [6.45, 7) is 3.30. The van der Waals surface area contributed by atoms with Gasteiger partial charge in [0.2, 0.25) is 0 Å². The normalized spacial score (nSPS) is 17.7. The number of carbonyl (C=O) groups excluding carboxylic acids is 1. The molecule has 4 rings (SSSR count). The molecule has 112 valence electrons. The van der Waals surface area contributed by atoms with Crippen LogP contribution in [-0.4, -0.2) is 37.1 Å². The molecule has 1 amide bonds. The van der Waals surface area contributed by atoms with Crippen LogP contribution in [0.5, 0.6) is 0 Å². The molecule has 6 nitrogen and oxygen atoms in total. The van der Waals surface area contributed by atoms with Crippen LogP contribution in [0, 0.1) is 0 Å². The molecule has 0 radical (unpaired) electrons. The van der Waals surface area contributed by atoms with E-state index >= 15 is 0 Å². The summed E-state index contributed by atoms with van der Waals surface area (Å²) in [5.41, 5.74) is 2.43. The van der Waals surface area contributed by atoms with E-state index in [9.17, 15) is 4.79 Å². The van der Waals surface area contributed by atoms with E-state index in [0.717, 1.165) is 11.2 Å². The van der Waals surface area contributed by atoms with Gasteiger partial charge in [-0.1, -0.05) is 17.7 Å². The fourth-order valence-corrected chi connectivity index (χ4v) is 3.17. The quantitative estimate of drug-likeness (QED) is 0.750. The average Bonchev–Trinajstić information content (AvgIpc) is 3.14. The third kappa shape index (κ3) is 1.91. The molecule has 0 saturated heterocycles. The van der Waals surface area contributed by atoms with Gasteiger partial charge in [0, 0.05) is 12.7 Å². The second-order valence-electron chi connectivity index (χ2n) is 5.38. The lowest BCUT2D eigenvalue weighted by Gasteiger charge is -2.33. The smallest absolute Gasteiger partial charge is 0.290 e. The molecule has 1 aliphatic rings. The minimum atomic E-state index is -0.118. The number of benzene rings is 1. The van der Waals surface area contributed by atoms with Gasteiger partial charge in [0.15, 0.2) is 5.82 Å². The van der Waals surface area contributed by atoms with Crippen LogP contribution in [0.25, 0.3) is 11.0 Å². The predicted molar refractivity (Wildman–Crippen MR) is 82.8 cm³/mol. The Morgan fingerprint density at radius 2 is 2.23 bits per heavy atom. The number of hydrogen-bond acceptors (Lipinski definition) is 3. The van der Waals surface area contributed by atoms with Crippen molar-refractivity contribution >= 4 is 28.5 Å². The number of halogens is 1. The second-order valence-corrected chi connectivity index (χ2v) is 5.78. The first kappa shape index (κ1) is 13.3. The minimum absolute atomic E-state index is 0.0348. The van der Waals surface area contributed by atoms with Crippen LogP contribution in [0.3, 0.4) is 0 Å². The SMILES string of the molecule is C[C@H]1c2ccnn2CCN1C(=O)c1nc2c(Cl)cccc2[nH]1. The number of hydrogen-bond donors (Lipinski definition) is 1. The Morgan fingerprint density at radius 3 is 3.05 bits per heavy atom. The van der Waals surface area contributed by atoms with Gasteiger partial charge in [0.25, 0.3) is 5.91 Å². The van der Waals surface area contributed by atoms with Gasteiger partial charge in [-0.15, -0.1) is 0 Å². The summed E-state index contributed by atoms with van der Waals surface area (Å²) in [6, 6.07) is 7.37. The van der Waals surface area contributed by atoms with Gasteiger partial charge in [-0.3, -0.25) is 9.48 Å². The van der Waals surface area contributed by atoms with E-state index in [2.05, 4.69) is 15.1 Å². The Hall–Kier alpha value is -2.34. The van der Waals surface area contributed by atoms with Gasteiger partial charge in [-0.2, -0.15) is 5.10 Å². The number of aromatic amines is 1. The number of fused-ring (bicyclic) bond motifs is 2. The van der Waals surface area contributed by atoms with E-state index in [0.29, 0.717) is 29.5 Å². The highest BCUT2D eigenvalue weighted by molar-refractivity contribution is 6.35. The zero-order valence-electron chi connectivity index (χ0n) is 12.0. The summed E-state index contributed by atoms with van der Waals surface area (Å²) in [4.78, 5) is 22.0. The zero-order valence-corrected chi connectivity index (χ0v) is 12.7. The molecule has 0 bridgehead atoms. The first-order valence-corrected chi connectivity index (χ1v) is 7.50. The molecule has 0 aliphatic carbocycles. The maximum atomic E-state index is 12.8. The Balaban J connectivity index is 1.70. The number of para-hydroxylation sites is 1. The number of amides is 1. The summed E-state index contributed by atoms with van der Waals surface area (Å²) in [5.74, 6) is 0.204. The molecular weight excluding hydrogens is 302 g/mol. The molecule has 3 heterocycles. The van der Waals surface area contributed by atoms with Crippen molar-refractivity contribution in [1.29, 1.82) is 0 Å². The first-order chi connectivity index (χ1) is 10.6. The van der Waals surface area contributed by atoms with E-state index in [-0.39, 0.29) is 11.9 Å². The van der Waals surface area contributed by atoms with Crippen LogP contribution in [0.1, 0.15) is 29.3 Å². The van der Waals surface area contributed by atoms with Crippen molar-refractivity contribution in [2.24, 2.45) is 0 Å². The van der Waals surface area contributed by atoms with E-state index in [1.807, 2.05) is 34.7 Å². The molecule has 0 fully saturated rings. The first-order valence-electron chi connectivity index (χ1n) is 7.12. The Labute approximate surface area is 131 Å². The number of H-pyrrole nitrogens is 1. The summed E-state index contributed by atoms with van der Waals surface area (Å²) in [6.07, 6.45) is 1.76. The lowest BCUT2D eigenvalue weighted by Crippen LogP contribution is -2.41. The third-order valence-electron chi connectivity index (χ3n) is 4.12. The second kappa shape index (κ2) is 4.84. The number of rotatable bonds is 1. The fourth-order valence-electron chi connectivity index (χ4n) is 2.95. The molecule has 1 aromatic carbocycles. The van der Waals surface area contributed by atoms with E-state index in [1.165, 1.54) is 0 Å². The van der Waals surface area contributed by atoms with Crippen molar-refractivity contribution < 1.29 is 4.79 Å². The van der Waals surface area contributed by atoms with Crippen molar-refractivity contribution in [3.05, 3.63) is 47.0 Å². The summed E-state index contributed by atoms with van der Waals surface area (Å²) < 4.78 is 1.93. The molecule has 3 aromatic rings. The number of nitrogens with zero attached hydrogens (tertiary/aromatic N) is 4. The molecule has 0 saturated carbocycles. The van der Waals surface area contributed by atoms with Crippen molar-refractivity contribution in [3.8, 4) is 0 Å². The van der Waals surface area contributed by atoms with Gasteiger partial charge in [-0.05, 0) is 25.1 Å². The Morgan fingerprint density at radius 1 is 1.36 bits per heavy atom. The van der Waals surface area contributed by atoms with Crippen molar-refractivity contribution in [3.63, 3.8) is 0 Å². The van der Waals surface area contributed by atoms with Crippen molar-refractivity contribution in [2.45, 2.75) is 19.5 Å². The Bertz CT molecular complexity index is 868. The summed E-state index contributed by atoms with van der Waals surface area (Å²) in [7, 11) is 0. The van der Waals surface area contributed by atoms with Crippen LogP contribution in [-0.2, 0) is 6.54 Å². The van der Waals surface area contributed by atoms with Crippen molar-refractivity contribution in [2.75, 3.05) is 6.54 Å². The van der Waals surface area contributed by atoms with Gasteiger partial charge in [-0.25, -0.2) is 4.98 Å². The van der Waals surface area contributed by atoms with Gasteiger partial charge >= 0.3 is 0 Å². The van der Waals surface area contributed by atoms with Gasteiger partial charge in [0.1, 0.15) is 5.52 Å².